The van der Waals surface area contributed by atoms with E-state index in [1.165, 1.54) is 6.07 Å². The van der Waals surface area contributed by atoms with Gasteiger partial charge in [-0.15, -0.1) is 0 Å². The molecular formula is C13H9Cl2N3O2. The molecule has 0 unspecified atom stereocenters. The van der Waals surface area contributed by atoms with Crippen LogP contribution < -0.4 is 10.1 Å². The first-order valence-corrected chi connectivity index (χ1v) is 6.64. The molecule has 0 spiro atoms. The molecule has 0 bridgehead atoms. The van der Waals surface area contributed by atoms with Crippen LogP contribution >= 0.6 is 23.2 Å². The fraction of sp³-hybridized carbons (Fsp3) is 0.154. The Bertz CT molecular complexity index is 671. The molecule has 3 rings (SSSR count). The molecule has 0 radical (unpaired) electrons. The first kappa shape index (κ1) is 13.1. The van der Waals surface area contributed by atoms with Crippen LogP contribution in [0.2, 0.25) is 10.4 Å². The van der Waals surface area contributed by atoms with Crippen LogP contribution in [0.25, 0.3) is 0 Å². The van der Waals surface area contributed by atoms with E-state index in [9.17, 15) is 4.79 Å². The molecule has 0 aliphatic carbocycles. The molecule has 1 amide bonds. The monoisotopic (exact) mass is 309 g/mol. The zero-order valence-electron chi connectivity index (χ0n) is 10.2. The topological polar surface area (TPSA) is 64.1 Å². The predicted octanol–water partition coefficient (Wildman–Crippen LogP) is 2.97. The van der Waals surface area contributed by atoms with Gasteiger partial charge in [0, 0.05) is 18.1 Å². The number of benzene rings is 1. The summed E-state index contributed by atoms with van der Waals surface area (Å²) in [5, 5.41) is 2.78. The van der Waals surface area contributed by atoms with Gasteiger partial charge >= 0.3 is 0 Å². The maximum Gasteiger partial charge on any atom is 0.256 e. The number of fused-ring (bicyclic) bond motifs is 1. The Morgan fingerprint density at radius 2 is 2.10 bits per heavy atom. The Labute approximate surface area is 124 Å². The third kappa shape index (κ3) is 2.69. The minimum Gasteiger partial charge on any atom is -0.493 e. The quantitative estimate of drug-likeness (QED) is 0.684. The van der Waals surface area contributed by atoms with Crippen molar-refractivity contribution >= 4 is 34.9 Å². The normalized spacial score (nSPS) is 12.7. The van der Waals surface area contributed by atoms with E-state index < -0.39 is 0 Å². The lowest BCUT2D eigenvalue weighted by atomic mass is 10.1. The van der Waals surface area contributed by atoms with E-state index in [1.54, 1.807) is 12.1 Å². The molecule has 102 valence electrons. The van der Waals surface area contributed by atoms with E-state index in [2.05, 4.69) is 15.3 Å². The number of ether oxygens (including phenoxy) is 1. The van der Waals surface area contributed by atoms with Gasteiger partial charge < -0.3 is 10.1 Å². The molecule has 0 fully saturated rings. The number of carbonyl (C=O) groups excluding carboxylic acids is 1. The molecule has 0 atom stereocenters. The molecule has 1 aliphatic heterocycles. The van der Waals surface area contributed by atoms with Crippen LogP contribution in [-0.4, -0.2) is 22.5 Å². The smallest absolute Gasteiger partial charge is 0.256 e. The number of nitrogens with one attached hydrogen (secondary N) is 1. The SMILES string of the molecule is O=C(Nc1cc(Cl)nc(Cl)n1)c1ccc2c(c1)CCO2. The molecule has 2 aromatic rings. The van der Waals surface area contributed by atoms with Gasteiger partial charge in [0.25, 0.3) is 5.91 Å². The molecule has 20 heavy (non-hydrogen) atoms. The number of nitrogens with zero attached hydrogens (tertiary/aromatic N) is 2. The largest absolute Gasteiger partial charge is 0.493 e. The van der Waals surface area contributed by atoms with Gasteiger partial charge in [0.1, 0.15) is 16.7 Å². The summed E-state index contributed by atoms with van der Waals surface area (Å²) in [5.74, 6) is 0.803. The van der Waals surface area contributed by atoms with E-state index in [4.69, 9.17) is 27.9 Å². The minimum absolute atomic E-state index is 0.0184. The lowest BCUT2D eigenvalue weighted by Crippen LogP contribution is -2.13. The zero-order valence-corrected chi connectivity index (χ0v) is 11.7. The molecule has 5 nitrogen and oxygen atoms in total. The second-order valence-electron chi connectivity index (χ2n) is 4.22. The van der Waals surface area contributed by atoms with Crippen LogP contribution in [0.4, 0.5) is 5.82 Å². The van der Waals surface area contributed by atoms with Gasteiger partial charge in [0.2, 0.25) is 5.28 Å². The first-order chi connectivity index (χ1) is 9.61. The van der Waals surface area contributed by atoms with Crippen LogP contribution in [0.5, 0.6) is 5.75 Å². The van der Waals surface area contributed by atoms with Crippen molar-refractivity contribution in [3.63, 3.8) is 0 Å². The van der Waals surface area contributed by atoms with E-state index in [1.807, 2.05) is 6.07 Å². The molecule has 1 aliphatic rings. The third-order valence-corrected chi connectivity index (χ3v) is 3.22. The Hall–Kier alpha value is -1.85. The fourth-order valence-corrected chi connectivity index (χ4v) is 2.38. The van der Waals surface area contributed by atoms with E-state index in [-0.39, 0.29) is 22.2 Å². The van der Waals surface area contributed by atoms with Crippen molar-refractivity contribution in [1.82, 2.24) is 9.97 Å². The number of halogens is 2. The number of rotatable bonds is 2. The van der Waals surface area contributed by atoms with Crippen molar-refractivity contribution in [1.29, 1.82) is 0 Å². The molecule has 0 saturated heterocycles. The highest BCUT2D eigenvalue weighted by molar-refractivity contribution is 6.32. The van der Waals surface area contributed by atoms with Crippen LogP contribution in [0.1, 0.15) is 15.9 Å². The summed E-state index contributed by atoms with van der Waals surface area (Å²) in [6.45, 7) is 0.650. The lowest BCUT2D eigenvalue weighted by molar-refractivity contribution is 0.102. The van der Waals surface area contributed by atoms with Gasteiger partial charge in [-0.1, -0.05) is 11.6 Å². The van der Waals surface area contributed by atoms with Crippen molar-refractivity contribution in [2.24, 2.45) is 0 Å². The van der Waals surface area contributed by atoms with Crippen molar-refractivity contribution in [3.05, 3.63) is 45.8 Å². The third-order valence-electron chi connectivity index (χ3n) is 2.86. The number of aromatic nitrogens is 2. The summed E-state index contributed by atoms with van der Waals surface area (Å²) >= 11 is 11.4. The molecule has 1 aromatic carbocycles. The fourth-order valence-electron chi connectivity index (χ4n) is 1.97. The Balaban J connectivity index is 1.82. The lowest BCUT2D eigenvalue weighted by Gasteiger charge is -2.06. The van der Waals surface area contributed by atoms with Gasteiger partial charge in [0.05, 0.1) is 6.61 Å². The number of carbonyl (C=O) groups is 1. The van der Waals surface area contributed by atoms with E-state index >= 15 is 0 Å². The summed E-state index contributed by atoms with van der Waals surface area (Å²) < 4.78 is 5.40. The second kappa shape index (κ2) is 5.26. The van der Waals surface area contributed by atoms with Gasteiger partial charge in [-0.05, 0) is 35.4 Å². The number of hydrogen-bond donors (Lipinski definition) is 1. The summed E-state index contributed by atoms with van der Waals surface area (Å²) in [5.41, 5.74) is 1.55. The van der Waals surface area contributed by atoms with Gasteiger partial charge in [-0.3, -0.25) is 4.79 Å². The average molecular weight is 310 g/mol. The molecular weight excluding hydrogens is 301 g/mol. The van der Waals surface area contributed by atoms with Crippen LogP contribution in [0.15, 0.2) is 24.3 Å². The van der Waals surface area contributed by atoms with Gasteiger partial charge in [-0.25, -0.2) is 9.97 Å². The number of amides is 1. The highest BCUT2D eigenvalue weighted by atomic mass is 35.5. The van der Waals surface area contributed by atoms with Crippen molar-refractivity contribution in [2.75, 3.05) is 11.9 Å². The van der Waals surface area contributed by atoms with Crippen LogP contribution in [0.3, 0.4) is 0 Å². The first-order valence-electron chi connectivity index (χ1n) is 5.89. The molecule has 1 aromatic heterocycles. The van der Waals surface area contributed by atoms with E-state index in [0.717, 1.165) is 17.7 Å². The Morgan fingerprint density at radius 1 is 1.25 bits per heavy atom. The standard InChI is InChI=1S/C13H9Cl2N3O2/c14-10-6-11(18-13(15)16-10)17-12(19)8-1-2-9-7(5-8)3-4-20-9/h1-2,5-6H,3-4H2,(H,16,17,18,19). The maximum absolute atomic E-state index is 12.1. The predicted molar refractivity (Wildman–Crippen MR) is 75.6 cm³/mol. The molecule has 7 heteroatoms. The molecule has 2 heterocycles. The minimum atomic E-state index is -0.287. The number of hydrogen-bond acceptors (Lipinski definition) is 4. The van der Waals surface area contributed by atoms with Gasteiger partial charge in [-0.2, -0.15) is 0 Å². The Kier molecular flexibility index (Phi) is 3.46. The van der Waals surface area contributed by atoms with Crippen molar-refractivity contribution < 1.29 is 9.53 Å². The second-order valence-corrected chi connectivity index (χ2v) is 4.95. The van der Waals surface area contributed by atoms with Crippen molar-refractivity contribution in [3.8, 4) is 5.75 Å². The highest BCUT2D eigenvalue weighted by Crippen LogP contribution is 2.26. The summed E-state index contributed by atoms with van der Waals surface area (Å²) in [6, 6.07) is 6.73. The average Bonchev–Trinajstić information content (AvgIpc) is 2.84. The number of anilines is 1. The highest BCUT2D eigenvalue weighted by Gasteiger charge is 2.15. The van der Waals surface area contributed by atoms with E-state index in [0.29, 0.717) is 12.2 Å². The van der Waals surface area contributed by atoms with Crippen molar-refractivity contribution in [2.45, 2.75) is 6.42 Å². The Morgan fingerprint density at radius 3 is 2.90 bits per heavy atom. The van der Waals surface area contributed by atoms with Gasteiger partial charge in [0.15, 0.2) is 0 Å². The summed E-state index contributed by atoms with van der Waals surface area (Å²) in [6.07, 6.45) is 0.807. The maximum atomic E-state index is 12.1. The summed E-state index contributed by atoms with van der Waals surface area (Å²) in [4.78, 5) is 19.7. The van der Waals surface area contributed by atoms with Crippen LogP contribution in [0, 0.1) is 0 Å². The van der Waals surface area contributed by atoms with Crippen LogP contribution in [-0.2, 0) is 6.42 Å². The zero-order chi connectivity index (χ0) is 14.1. The molecule has 1 N–H and O–H groups in total. The summed E-state index contributed by atoms with van der Waals surface area (Å²) in [7, 11) is 0. The molecule has 0 saturated carbocycles.